The van der Waals surface area contributed by atoms with Crippen molar-refractivity contribution in [3.63, 3.8) is 0 Å². The normalized spacial score (nSPS) is 14.6. The van der Waals surface area contributed by atoms with Gasteiger partial charge in [-0.1, -0.05) is 18.2 Å². The van der Waals surface area contributed by atoms with E-state index in [4.69, 9.17) is 9.47 Å². The van der Waals surface area contributed by atoms with Crippen molar-refractivity contribution in [1.29, 1.82) is 0 Å². The molecule has 1 aromatic carbocycles. The van der Waals surface area contributed by atoms with E-state index in [1.807, 2.05) is 37.3 Å². The van der Waals surface area contributed by atoms with E-state index in [1.54, 1.807) is 30.3 Å². The zero-order valence-corrected chi connectivity index (χ0v) is 12.6. The monoisotopic (exact) mass is 298 g/mol. The topological polar surface area (TPSA) is 51.7 Å². The van der Waals surface area contributed by atoms with Gasteiger partial charge in [0.15, 0.2) is 11.5 Å². The summed E-state index contributed by atoms with van der Waals surface area (Å²) in [5, 5.41) is 0. The van der Waals surface area contributed by atoms with Gasteiger partial charge in [0.05, 0.1) is 0 Å². The maximum Gasteiger partial charge on any atom is 0.321 e. The Morgan fingerprint density at radius 2 is 1.82 bits per heavy atom. The summed E-state index contributed by atoms with van der Waals surface area (Å²) >= 11 is 0. The van der Waals surface area contributed by atoms with Gasteiger partial charge in [-0.05, 0) is 31.2 Å². The van der Waals surface area contributed by atoms with Gasteiger partial charge >= 0.3 is 12.2 Å². The van der Waals surface area contributed by atoms with Crippen LogP contribution in [0.15, 0.2) is 48.7 Å². The predicted molar refractivity (Wildman–Crippen MR) is 81.7 cm³/mol. The Morgan fingerprint density at radius 1 is 1.18 bits per heavy atom. The second-order valence-corrected chi connectivity index (χ2v) is 5.34. The Kier molecular flexibility index (Phi) is 3.96. The summed E-state index contributed by atoms with van der Waals surface area (Å²) in [6, 6.07) is 13.0. The summed E-state index contributed by atoms with van der Waals surface area (Å²) in [4.78, 5) is 18.4. The molecule has 0 saturated carbocycles. The lowest BCUT2D eigenvalue weighted by Crippen LogP contribution is -2.45. The molecule has 2 heterocycles. The lowest BCUT2D eigenvalue weighted by Gasteiger charge is -2.26. The lowest BCUT2D eigenvalue weighted by molar-refractivity contribution is -0.148. The Balaban J connectivity index is 1.63. The largest absolute Gasteiger partial charge is 0.442 e. The average molecular weight is 298 g/mol. The number of aromatic nitrogens is 1. The molecule has 1 atom stereocenters. The summed E-state index contributed by atoms with van der Waals surface area (Å²) in [7, 11) is 1.76. The highest BCUT2D eigenvalue weighted by Crippen LogP contribution is 2.34. The number of amides is 1. The molecular formula is C17H18N2O3. The maximum atomic E-state index is 12.5. The first kappa shape index (κ1) is 14.4. The molecule has 3 rings (SSSR count). The number of carbonyl (C=O) groups is 1. The van der Waals surface area contributed by atoms with E-state index >= 15 is 0 Å². The first-order valence-corrected chi connectivity index (χ1v) is 7.24. The van der Waals surface area contributed by atoms with E-state index in [0.717, 1.165) is 5.69 Å². The predicted octanol–water partition coefficient (Wildman–Crippen LogP) is 2.27. The summed E-state index contributed by atoms with van der Waals surface area (Å²) in [6.07, 6.45) is 1.53. The van der Waals surface area contributed by atoms with Crippen LogP contribution >= 0.6 is 0 Å². The third-order valence-corrected chi connectivity index (χ3v) is 3.76. The van der Waals surface area contributed by atoms with Crippen molar-refractivity contribution in [1.82, 2.24) is 9.88 Å². The van der Waals surface area contributed by atoms with E-state index in [-0.39, 0.29) is 11.9 Å². The van der Waals surface area contributed by atoms with Crippen LogP contribution in [0.2, 0.25) is 0 Å². The maximum absolute atomic E-state index is 12.5. The molecule has 114 valence electrons. The zero-order chi connectivity index (χ0) is 15.5. The number of para-hydroxylation sites is 2. The lowest BCUT2D eigenvalue weighted by atomic mass is 10.1. The zero-order valence-electron chi connectivity index (χ0n) is 12.6. The second kappa shape index (κ2) is 6.05. The van der Waals surface area contributed by atoms with E-state index < -0.39 is 6.29 Å². The van der Waals surface area contributed by atoms with Crippen molar-refractivity contribution >= 4 is 5.91 Å². The Morgan fingerprint density at radius 3 is 2.41 bits per heavy atom. The molecule has 0 radical (unpaired) electrons. The van der Waals surface area contributed by atoms with Crippen molar-refractivity contribution in [2.45, 2.75) is 25.7 Å². The highest BCUT2D eigenvalue weighted by atomic mass is 16.7. The fraction of sp³-hybridized carbons (Fsp3) is 0.294. The summed E-state index contributed by atoms with van der Waals surface area (Å²) < 4.78 is 11.1. The van der Waals surface area contributed by atoms with Crippen molar-refractivity contribution < 1.29 is 14.3 Å². The van der Waals surface area contributed by atoms with Crippen molar-refractivity contribution in [2.75, 3.05) is 7.05 Å². The van der Waals surface area contributed by atoms with Gasteiger partial charge in [0, 0.05) is 31.4 Å². The van der Waals surface area contributed by atoms with E-state index in [9.17, 15) is 4.79 Å². The molecule has 0 bridgehead atoms. The van der Waals surface area contributed by atoms with Crippen molar-refractivity contribution in [3.05, 3.63) is 54.4 Å². The highest BCUT2D eigenvalue weighted by Gasteiger charge is 2.34. The SMILES string of the molecule is CC(Cc1ccccn1)N(C)C(=O)C1Oc2ccccc2O1. The fourth-order valence-corrected chi connectivity index (χ4v) is 2.34. The van der Waals surface area contributed by atoms with Gasteiger partial charge in [0.25, 0.3) is 0 Å². The first-order valence-electron chi connectivity index (χ1n) is 7.24. The molecule has 0 N–H and O–H groups in total. The molecule has 1 aromatic heterocycles. The minimum Gasteiger partial charge on any atom is -0.442 e. The molecule has 1 amide bonds. The van der Waals surface area contributed by atoms with Gasteiger partial charge < -0.3 is 14.4 Å². The molecular weight excluding hydrogens is 280 g/mol. The molecule has 5 nitrogen and oxygen atoms in total. The van der Waals surface area contributed by atoms with Crippen LogP contribution in [0.25, 0.3) is 0 Å². The Labute approximate surface area is 129 Å². The fourth-order valence-electron chi connectivity index (χ4n) is 2.34. The minimum absolute atomic E-state index is 0.00156. The molecule has 0 saturated heterocycles. The second-order valence-electron chi connectivity index (χ2n) is 5.34. The first-order chi connectivity index (χ1) is 10.6. The number of fused-ring (bicyclic) bond motifs is 1. The molecule has 0 aliphatic carbocycles. The number of benzene rings is 1. The number of rotatable bonds is 4. The average Bonchev–Trinajstić information content (AvgIpc) is 2.98. The number of hydrogen-bond acceptors (Lipinski definition) is 4. The molecule has 5 heteroatoms. The summed E-state index contributed by atoms with van der Waals surface area (Å²) in [5.74, 6) is 1.01. The molecule has 1 unspecified atom stereocenters. The number of likely N-dealkylation sites (N-methyl/N-ethyl adjacent to an activating group) is 1. The number of hydrogen-bond donors (Lipinski definition) is 0. The third kappa shape index (κ3) is 2.88. The van der Waals surface area contributed by atoms with Crippen LogP contribution in [0.3, 0.4) is 0 Å². The molecule has 22 heavy (non-hydrogen) atoms. The van der Waals surface area contributed by atoms with Crippen LogP contribution in [0.4, 0.5) is 0 Å². The van der Waals surface area contributed by atoms with Crippen molar-refractivity contribution in [3.8, 4) is 11.5 Å². The van der Waals surface area contributed by atoms with Gasteiger partial charge in [-0.2, -0.15) is 0 Å². The quantitative estimate of drug-likeness (QED) is 0.869. The van der Waals surface area contributed by atoms with Gasteiger partial charge in [0.2, 0.25) is 0 Å². The standard InChI is InChI=1S/C17H18N2O3/c1-12(11-13-7-5-6-10-18-13)19(2)16(20)17-21-14-8-3-4-9-15(14)22-17/h3-10,12,17H,11H2,1-2H3. The van der Waals surface area contributed by atoms with Gasteiger partial charge in [-0.15, -0.1) is 0 Å². The molecule has 1 aliphatic rings. The smallest absolute Gasteiger partial charge is 0.321 e. The van der Waals surface area contributed by atoms with E-state index in [0.29, 0.717) is 17.9 Å². The summed E-state index contributed by atoms with van der Waals surface area (Å²) in [6.45, 7) is 1.98. The van der Waals surface area contributed by atoms with Gasteiger partial charge in [0.1, 0.15) is 0 Å². The number of nitrogens with zero attached hydrogens (tertiary/aromatic N) is 2. The van der Waals surface area contributed by atoms with Gasteiger partial charge in [-0.3, -0.25) is 9.78 Å². The van der Waals surface area contributed by atoms with Crippen molar-refractivity contribution in [2.24, 2.45) is 0 Å². The van der Waals surface area contributed by atoms with Crippen LogP contribution in [0, 0.1) is 0 Å². The van der Waals surface area contributed by atoms with Crippen LogP contribution in [0.5, 0.6) is 11.5 Å². The Bertz CT molecular complexity index is 635. The Hall–Kier alpha value is -2.56. The molecule has 1 aliphatic heterocycles. The minimum atomic E-state index is -0.909. The van der Waals surface area contributed by atoms with Gasteiger partial charge in [-0.25, -0.2) is 0 Å². The highest BCUT2D eigenvalue weighted by molar-refractivity contribution is 5.81. The third-order valence-electron chi connectivity index (χ3n) is 3.76. The number of ether oxygens (including phenoxy) is 2. The number of carbonyl (C=O) groups excluding carboxylic acids is 1. The number of pyridine rings is 1. The molecule has 0 spiro atoms. The van der Waals surface area contributed by atoms with Crippen LogP contribution < -0.4 is 9.47 Å². The summed E-state index contributed by atoms with van der Waals surface area (Å²) in [5.41, 5.74) is 0.950. The van der Waals surface area contributed by atoms with Crippen LogP contribution in [-0.4, -0.2) is 35.2 Å². The van der Waals surface area contributed by atoms with E-state index in [1.165, 1.54) is 0 Å². The van der Waals surface area contributed by atoms with Crippen LogP contribution in [0.1, 0.15) is 12.6 Å². The van der Waals surface area contributed by atoms with Crippen LogP contribution in [-0.2, 0) is 11.2 Å². The van der Waals surface area contributed by atoms with E-state index in [2.05, 4.69) is 4.98 Å². The molecule has 2 aromatic rings. The molecule has 0 fully saturated rings.